The molecule has 0 saturated heterocycles. The highest BCUT2D eigenvalue weighted by atomic mass is 19.2. The van der Waals surface area contributed by atoms with E-state index >= 15 is 0 Å². The fourth-order valence-electron chi connectivity index (χ4n) is 2.67. The molecule has 0 aromatic heterocycles. The zero-order chi connectivity index (χ0) is 18.5. The van der Waals surface area contributed by atoms with Crippen molar-refractivity contribution in [3.63, 3.8) is 0 Å². The molecule has 0 unspecified atom stereocenters. The van der Waals surface area contributed by atoms with Gasteiger partial charge in [-0.15, -0.1) is 0 Å². The molecule has 0 aliphatic carbocycles. The topological polar surface area (TPSA) is 20.3 Å². The zero-order valence-electron chi connectivity index (χ0n) is 13.8. The summed E-state index contributed by atoms with van der Waals surface area (Å²) in [6, 6.07) is 20.1. The normalized spacial score (nSPS) is 10.6. The van der Waals surface area contributed by atoms with Crippen molar-refractivity contribution < 1.29 is 18.0 Å². The zero-order valence-corrected chi connectivity index (χ0v) is 13.8. The summed E-state index contributed by atoms with van der Waals surface area (Å²) < 4.78 is 40.8. The highest BCUT2D eigenvalue weighted by molar-refractivity contribution is 5.94. The summed E-state index contributed by atoms with van der Waals surface area (Å²) >= 11 is 0. The largest absolute Gasteiger partial charge is 0.330 e. The Morgan fingerprint density at radius 2 is 1.19 bits per heavy atom. The first-order valence-corrected chi connectivity index (χ1v) is 8.07. The van der Waals surface area contributed by atoms with Gasteiger partial charge in [-0.2, -0.15) is 0 Å². The van der Waals surface area contributed by atoms with Gasteiger partial charge >= 0.3 is 0 Å². The summed E-state index contributed by atoms with van der Waals surface area (Å²) in [4.78, 5) is 14.2. The Hall–Kier alpha value is -3.08. The van der Waals surface area contributed by atoms with Crippen LogP contribution in [0.5, 0.6) is 0 Å². The fourth-order valence-corrected chi connectivity index (χ4v) is 2.67. The van der Waals surface area contributed by atoms with E-state index in [0.29, 0.717) is 0 Å². The van der Waals surface area contributed by atoms with Gasteiger partial charge in [0.2, 0.25) is 0 Å². The third kappa shape index (κ3) is 3.94. The molecule has 5 heteroatoms. The Labute approximate surface area is 149 Å². The highest BCUT2D eigenvalue weighted by Gasteiger charge is 2.23. The molecule has 0 bridgehead atoms. The second-order valence-electron chi connectivity index (χ2n) is 5.86. The second-order valence-corrected chi connectivity index (χ2v) is 5.86. The average Bonchev–Trinajstić information content (AvgIpc) is 2.67. The van der Waals surface area contributed by atoms with Gasteiger partial charge in [-0.3, -0.25) is 4.79 Å². The Morgan fingerprint density at radius 3 is 1.69 bits per heavy atom. The minimum absolute atomic E-state index is 0.215. The van der Waals surface area contributed by atoms with Gasteiger partial charge < -0.3 is 4.90 Å². The van der Waals surface area contributed by atoms with Crippen LogP contribution in [0.4, 0.5) is 13.2 Å². The Kier molecular flexibility index (Phi) is 5.37. The molecule has 0 heterocycles. The third-order valence-electron chi connectivity index (χ3n) is 3.99. The molecule has 0 aliphatic heterocycles. The molecule has 0 aliphatic rings. The van der Waals surface area contributed by atoms with Gasteiger partial charge in [0.15, 0.2) is 17.5 Å². The molecule has 0 fully saturated rings. The van der Waals surface area contributed by atoms with Crippen LogP contribution in [0.3, 0.4) is 0 Å². The molecular formula is C21H16F3NO. The van der Waals surface area contributed by atoms with Gasteiger partial charge in [-0.1, -0.05) is 60.7 Å². The Bertz CT molecular complexity index is 856. The summed E-state index contributed by atoms with van der Waals surface area (Å²) in [6.45, 7) is 0.431. The van der Waals surface area contributed by atoms with Crippen LogP contribution in [-0.4, -0.2) is 10.8 Å². The standard InChI is InChI=1S/C21H16F3NO/c22-18-12-11-17(19(23)20(18)24)21(26)25(13-15-7-3-1-4-8-15)14-16-9-5-2-6-10-16/h1-12H,13-14H2. The van der Waals surface area contributed by atoms with E-state index in [-0.39, 0.29) is 13.1 Å². The lowest BCUT2D eigenvalue weighted by molar-refractivity contribution is 0.0724. The van der Waals surface area contributed by atoms with Gasteiger partial charge in [0.1, 0.15) is 0 Å². The van der Waals surface area contributed by atoms with Crippen LogP contribution in [0.15, 0.2) is 72.8 Å². The SMILES string of the molecule is O=C(c1ccc(F)c(F)c1F)N(Cc1ccccc1)Cc1ccccc1. The monoisotopic (exact) mass is 355 g/mol. The quantitative estimate of drug-likeness (QED) is 0.593. The number of amides is 1. The minimum atomic E-state index is -1.64. The molecule has 0 radical (unpaired) electrons. The van der Waals surface area contributed by atoms with Crippen LogP contribution in [0, 0.1) is 17.5 Å². The molecule has 132 valence electrons. The van der Waals surface area contributed by atoms with Crippen LogP contribution < -0.4 is 0 Å². The number of rotatable bonds is 5. The van der Waals surface area contributed by atoms with E-state index < -0.39 is 28.9 Å². The number of nitrogens with zero attached hydrogens (tertiary/aromatic N) is 1. The van der Waals surface area contributed by atoms with Crippen molar-refractivity contribution in [3.05, 3.63) is 107 Å². The van der Waals surface area contributed by atoms with E-state index in [1.54, 1.807) is 0 Å². The second kappa shape index (κ2) is 7.87. The highest BCUT2D eigenvalue weighted by Crippen LogP contribution is 2.20. The van der Waals surface area contributed by atoms with Crippen LogP contribution >= 0.6 is 0 Å². The van der Waals surface area contributed by atoms with E-state index in [9.17, 15) is 18.0 Å². The van der Waals surface area contributed by atoms with Crippen LogP contribution in [0.25, 0.3) is 0 Å². The number of hydrogen-bond acceptors (Lipinski definition) is 1. The Balaban J connectivity index is 1.94. The van der Waals surface area contributed by atoms with Crippen LogP contribution in [0.1, 0.15) is 21.5 Å². The first kappa shape index (κ1) is 17.7. The number of carbonyl (C=O) groups excluding carboxylic acids is 1. The van der Waals surface area contributed by atoms with Crippen LogP contribution in [0.2, 0.25) is 0 Å². The van der Waals surface area contributed by atoms with Crippen molar-refractivity contribution in [2.24, 2.45) is 0 Å². The first-order chi connectivity index (χ1) is 12.6. The molecule has 3 aromatic carbocycles. The predicted molar refractivity (Wildman–Crippen MR) is 92.8 cm³/mol. The van der Waals surface area contributed by atoms with Crippen molar-refractivity contribution in [1.82, 2.24) is 4.90 Å². The van der Waals surface area contributed by atoms with Gasteiger partial charge in [0.05, 0.1) is 5.56 Å². The van der Waals surface area contributed by atoms with E-state index in [1.807, 2.05) is 60.7 Å². The van der Waals surface area contributed by atoms with E-state index in [4.69, 9.17) is 0 Å². The molecule has 3 aromatic rings. The molecule has 1 amide bonds. The Morgan fingerprint density at radius 1 is 0.692 bits per heavy atom. The summed E-state index contributed by atoms with van der Waals surface area (Å²) in [5.41, 5.74) is 1.20. The van der Waals surface area contributed by atoms with Gasteiger partial charge in [-0.05, 0) is 23.3 Å². The minimum Gasteiger partial charge on any atom is -0.330 e. The van der Waals surface area contributed by atoms with Crippen molar-refractivity contribution in [1.29, 1.82) is 0 Å². The number of carbonyl (C=O) groups is 1. The number of hydrogen-bond donors (Lipinski definition) is 0. The van der Waals surface area contributed by atoms with Crippen molar-refractivity contribution in [3.8, 4) is 0 Å². The van der Waals surface area contributed by atoms with E-state index in [0.717, 1.165) is 23.3 Å². The average molecular weight is 355 g/mol. The summed E-state index contributed by atoms with van der Waals surface area (Å²) in [7, 11) is 0. The summed E-state index contributed by atoms with van der Waals surface area (Å²) in [6.07, 6.45) is 0. The molecular weight excluding hydrogens is 339 g/mol. The van der Waals surface area contributed by atoms with Gasteiger partial charge in [0, 0.05) is 13.1 Å². The lowest BCUT2D eigenvalue weighted by atomic mass is 10.1. The van der Waals surface area contributed by atoms with Crippen molar-refractivity contribution >= 4 is 5.91 Å². The molecule has 0 N–H and O–H groups in total. The van der Waals surface area contributed by atoms with E-state index in [2.05, 4.69) is 0 Å². The van der Waals surface area contributed by atoms with Gasteiger partial charge in [-0.25, -0.2) is 13.2 Å². The molecule has 0 saturated carbocycles. The molecule has 3 rings (SSSR count). The molecule has 0 atom stereocenters. The lowest BCUT2D eigenvalue weighted by Crippen LogP contribution is -2.31. The van der Waals surface area contributed by atoms with Crippen molar-refractivity contribution in [2.75, 3.05) is 0 Å². The third-order valence-corrected chi connectivity index (χ3v) is 3.99. The summed E-state index contributed by atoms with van der Waals surface area (Å²) in [5, 5.41) is 0. The van der Waals surface area contributed by atoms with Crippen LogP contribution in [-0.2, 0) is 13.1 Å². The van der Waals surface area contributed by atoms with Crippen molar-refractivity contribution in [2.45, 2.75) is 13.1 Å². The number of halogens is 3. The maximum atomic E-state index is 14.1. The van der Waals surface area contributed by atoms with E-state index in [1.165, 1.54) is 4.90 Å². The van der Waals surface area contributed by atoms with Gasteiger partial charge in [0.25, 0.3) is 5.91 Å². The smallest absolute Gasteiger partial charge is 0.257 e. The maximum Gasteiger partial charge on any atom is 0.257 e. The maximum absolute atomic E-state index is 14.1. The molecule has 0 spiro atoms. The lowest BCUT2D eigenvalue weighted by Gasteiger charge is -2.23. The number of benzene rings is 3. The molecule has 2 nitrogen and oxygen atoms in total. The molecule has 26 heavy (non-hydrogen) atoms. The summed E-state index contributed by atoms with van der Waals surface area (Å²) in [5.74, 6) is -5.14. The fraction of sp³-hybridized carbons (Fsp3) is 0.0952. The first-order valence-electron chi connectivity index (χ1n) is 8.07. The predicted octanol–water partition coefficient (Wildman–Crippen LogP) is 4.95.